The lowest BCUT2D eigenvalue weighted by Crippen LogP contribution is -2.09. The maximum Gasteiger partial charge on any atom is 0.340 e. The Labute approximate surface area is 153 Å². The molecule has 134 valence electrons. The zero-order chi connectivity index (χ0) is 18.7. The van der Waals surface area contributed by atoms with Crippen LogP contribution in [0.25, 0.3) is 10.8 Å². The van der Waals surface area contributed by atoms with E-state index in [1.165, 1.54) is 17.9 Å². The summed E-state index contributed by atoms with van der Waals surface area (Å²) >= 11 is 0. The van der Waals surface area contributed by atoms with Gasteiger partial charge in [-0.05, 0) is 22.3 Å². The lowest BCUT2D eigenvalue weighted by Gasteiger charge is -2.07. The highest BCUT2D eigenvalue weighted by molar-refractivity contribution is 6.06. The Morgan fingerprint density at radius 2 is 1.69 bits per heavy atom. The average molecular weight is 349 g/mol. The molecule has 4 heteroatoms. The Kier molecular flexibility index (Phi) is 5.21. The lowest BCUT2D eigenvalue weighted by atomic mass is 10.0. The molecule has 0 aliphatic carbocycles. The molecule has 2 aromatic carbocycles. The first-order chi connectivity index (χ1) is 12.5. The summed E-state index contributed by atoms with van der Waals surface area (Å²) in [5.41, 5.74) is 1.90. The van der Waals surface area contributed by atoms with Crippen LogP contribution in [0.5, 0.6) is 0 Å². The second kappa shape index (κ2) is 7.56. The van der Waals surface area contributed by atoms with Gasteiger partial charge in [0.25, 0.3) is 0 Å². The molecule has 0 aliphatic rings. The Morgan fingerprint density at radius 3 is 2.42 bits per heavy atom. The van der Waals surface area contributed by atoms with E-state index in [0.717, 1.165) is 5.56 Å². The third kappa shape index (κ3) is 3.69. The predicted molar refractivity (Wildman–Crippen MR) is 103 cm³/mol. The van der Waals surface area contributed by atoms with Gasteiger partial charge in [-0.15, -0.1) is 0 Å². The van der Waals surface area contributed by atoms with Crippen LogP contribution in [0.3, 0.4) is 0 Å². The second-order valence-electron chi connectivity index (χ2n) is 6.91. The first kappa shape index (κ1) is 17.9. The first-order valence-corrected chi connectivity index (χ1v) is 8.77. The quantitative estimate of drug-likeness (QED) is 0.478. The van der Waals surface area contributed by atoms with Crippen molar-refractivity contribution in [2.75, 3.05) is 7.11 Å². The number of hydrogen-bond acceptors (Lipinski definition) is 3. The molecule has 0 unspecified atom stereocenters. The molecule has 0 fully saturated rings. The molecule has 1 aromatic heterocycles. The van der Waals surface area contributed by atoms with E-state index in [1.807, 2.05) is 36.6 Å². The van der Waals surface area contributed by atoms with Gasteiger partial charge in [-0.25, -0.2) is 4.79 Å². The van der Waals surface area contributed by atoms with Crippen LogP contribution in [0.2, 0.25) is 0 Å². The summed E-state index contributed by atoms with van der Waals surface area (Å²) in [4.78, 5) is 24.7. The fourth-order valence-electron chi connectivity index (χ4n) is 3.20. The van der Waals surface area contributed by atoms with E-state index in [9.17, 15) is 9.59 Å². The highest BCUT2D eigenvalue weighted by atomic mass is 16.5. The summed E-state index contributed by atoms with van der Waals surface area (Å²) in [6.45, 7) is 4.56. The van der Waals surface area contributed by atoms with Crippen molar-refractivity contribution in [2.24, 2.45) is 5.92 Å². The van der Waals surface area contributed by atoms with Crippen molar-refractivity contribution in [3.8, 4) is 0 Å². The smallest absolute Gasteiger partial charge is 0.340 e. The number of carbonyl (C=O) groups is 2. The van der Waals surface area contributed by atoms with E-state index >= 15 is 0 Å². The van der Waals surface area contributed by atoms with Gasteiger partial charge in [0.2, 0.25) is 0 Å². The number of fused-ring (bicyclic) bond motifs is 1. The fraction of sp³-hybridized carbons (Fsp3) is 0.273. The highest BCUT2D eigenvalue weighted by Gasteiger charge is 2.21. The molecular weight excluding hydrogens is 326 g/mol. The molecule has 0 amide bonds. The van der Waals surface area contributed by atoms with E-state index in [-0.39, 0.29) is 11.7 Å². The average Bonchev–Trinajstić information content (AvgIpc) is 3.05. The number of ketones is 1. The standard InChI is InChI=1S/C22H23NO3/c1-15(2)11-21(24)19-13-23(14-20(19)22(25)26-3)12-17-9-6-8-16-7-4-5-10-18(16)17/h4-10,13-15H,11-12H2,1-3H3. The van der Waals surface area contributed by atoms with Crippen molar-refractivity contribution in [2.45, 2.75) is 26.8 Å². The molecule has 0 saturated carbocycles. The van der Waals surface area contributed by atoms with Gasteiger partial charge in [0.05, 0.1) is 12.7 Å². The highest BCUT2D eigenvalue weighted by Crippen LogP contribution is 2.22. The van der Waals surface area contributed by atoms with Gasteiger partial charge >= 0.3 is 5.97 Å². The molecule has 0 bridgehead atoms. The molecule has 1 heterocycles. The predicted octanol–water partition coefficient (Wildman–Crippen LogP) is 4.71. The van der Waals surface area contributed by atoms with Crippen molar-refractivity contribution in [3.05, 3.63) is 71.5 Å². The first-order valence-electron chi connectivity index (χ1n) is 8.77. The van der Waals surface area contributed by atoms with E-state index < -0.39 is 5.97 Å². The molecule has 0 aliphatic heterocycles. The minimum absolute atomic E-state index is 0.0305. The number of nitrogens with zero attached hydrogens (tertiary/aromatic N) is 1. The SMILES string of the molecule is COC(=O)c1cn(Cc2cccc3ccccc23)cc1C(=O)CC(C)C. The van der Waals surface area contributed by atoms with Crippen LogP contribution in [-0.2, 0) is 11.3 Å². The zero-order valence-electron chi connectivity index (χ0n) is 15.4. The zero-order valence-corrected chi connectivity index (χ0v) is 15.4. The third-order valence-corrected chi connectivity index (χ3v) is 4.41. The number of esters is 1. The van der Waals surface area contributed by atoms with E-state index in [2.05, 4.69) is 24.3 Å². The van der Waals surface area contributed by atoms with Gasteiger partial charge in [-0.3, -0.25) is 4.79 Å². The van der Waals surface area contributed by atoms with Gasteiger partial charge in [-0.2, -0.15) is 0 Å². The number of rotatable bonds is 6. The van der Waals surface area contributed by atoms with E-state index in [1.54, 1.807) is 12.4 Å². The number of carbonyl (C=O) groups excluding carboxylic acids is 2. The van der Waals surface area contributed by atoms with Gasteiger partial charge in [-0.1, -0.05) is 56.3 Å². The number of Topliss-reactive ketones (excluding diaryl/α,β-unsaturated/α-hetero) is 1. The normalized spacial score (nSPS) is 11.1. The summed E-state index contributed by atoms with van der Waals surface area (Å²) < 4.78 is 6.75. The molecular formula is C22H23NO3. The van der Waals surface area contributed by atoms with E-state index in [4.69, 9.17) is 4.74 Å². The molecule has 3 rings (SSSR count). The van der Waals surface area contributed by atoms with Gasteiger partial charge in [0.15, 0.2) is 5.78 Å². The number of hydrogen-bond donors (Lipinski definition) is 0. The lowest BCUT2D eigenvalue weighted by molar-refractivity contribution is 0.0597. The number of benzene rings is 2. The summed E-state index contributed by atoms with van der Waals surface area (Å²) in [6.07, 6.45) is 3.88. The van der Waals surface area contributed by atoms with Crippen LogP contribution >= 0.6 is 0 Å². The third-order valence-electron chi connectivity index (χ3n) is 4.41. The van der Waals surface area contributed by atoms with Gasteiger partial charge in [0, 0.05) is 30.9 Å². The Hall–Kier alpha value is -2.88. The molecule has 4 nitrogen and oxygen atoms in total. The van der Waals surface area contributed by atoms with Crippen LogP contribution in [0, 0.1) is 5.92 Å². The largest absolute Gasteiger partial charge is 0.465 e. The maximum absolute atomic E-state index is 12.6. The summed E-state index contributed by atoms with van der Waals surface area (Å²) in [5.74, 6) is -0.278. The Bertz CT molecular complexity index is 948. The molecule has 0 spiro atoms. The van der Waals surface area contributed by atoms with Crippen molar-refractivity contribution < 1.29 is 14.3 Å². The number of aromatic nitrogens is 1. The monoisotopic (exact) mass is 349 g/mol. The van der Waals surface area contributed by atoms with Crippen LogP contribution in [0.15, 0.2) is 54.9 Å². The summed E-state index contributed by atoms with van der Waals surface area (Å²) in [6, 6.07) is 14.3. The van der Waals surface area contributed by atoms with Crippen LogP contribution in [-0.4, -0.2) is 23.4 Å². The van der Waals surface area contributed by atoms with Crippen LogP contribution < -0.4 is 0 Å². The molecule has 0 saturated heterocycles. The van der Waals surface area contributed by atoms with Crippen LogP contribution in [0.1, 0.15) is 46.5 Å². The van der Waals surface area contributed by atoms with Crippen molar-refractivity contribution in [1.82, 2.24) is 4.57 Å². The second-order valence-corrected chi connectivity index (χ2v) is 6.91. The topological polar surface area (TPSA) is 48.3 Å². The van der Waals surface area contributed by atoms with Crippen molar-refractivity contribution in [3.63, 3.8) is 0 Å². The van der Waals surface area contributed by atoms with Gasteiger partial charge < -0.3 is 9.30 Å². The summed E-state index contributed by atoms with van der Waals surface area (Å²) in [7, 11) is 1.33. The molecule has 0 atom stereocenters. The number of methoxy groups -OCH3 is 1. The minimum Gasteiger partial charge on any atom is -0.465 e. The Morgan fingerprint density at radius 1 is 1.00 bits per heavy atom. The molecule has 3 aromatic rings. The molecule has 26 heavy (non-hydrogen) atoms. The maximum atomic E-state index is 12.6. The fourth-order valence-corrected chi connectivity index (χ4v) is 3.20. The van der Waals surface area contributed by atoms with Crippen molar-refractivity contribution >= 4 is 22.5 Å². The van der Waals surface area contributed by atoms with Crippen molar-refractivity contribution in [1.29, 1.82) is 0 Å². The number of ether oxygens (including phenoxy) is 1. The van der Waals surface area contributed by atoms with Crippen LogP contribution in [0.4, 0.5) is 0 Å². The van der Waals surface area contributed by atoms with E-state index in [0.29, 0.717) is 24.1 Å². The Balaban J connectivity index is 1.99. The molecule has 0 radical (unpaired) electrons. The minimum atomic E-state index is -0.478. The van der Waals surface area contributed by atoms with Gasteiger partial charge in [0.1, 0.15) is 0 Å². The molecule has 0 N–H and O–H groups in total. The summed E-state index contributed by atoms with van der Waals surface area (Å²) in [5, 5.41) is 2.33.